The van der Waals surface area contributed by atoms with Crippen LogP contribution in [0.5, 0.6) is 0 Å². The number of aromatic amines is 2. The minimum Gasteiger partial charge on any atom is -0.359 e. The highest BCUT2D eigenvalue weighted by molar-refractivity contribution is 5.96. The van der Waals surface area contributed by atoms with Gasteiger partial charge in [0.2, 0.25) is 0 Å². The molecule has 7 heteroatoms. The minimum atomic E-state index is 0.559. The number of nitrogens with one attached hydrogen (secondary N) is 3. The fourth-order valence-electron chi connectivity index (χ4n) is 4.47. The van der Waals surface area contributed by atoms with Crippen molar-refractivity contribution in [2.24, 2.45) is 5.92 Å². The number of benzene rings is 1. The lowest BCUT2D eigenvalue weighted by Gasteiger charge is -2.11. The molecule has 0 saturated heterocycles. The zero-order valence-electron chi connectivity index (χ0n) is 20.6. The smallest absolute Gasteiger partial charge is 0.161 e. The minimum absolute atomic E-state index is 0.559. The van der Waals surface area contributed by atoms with Gasteiger partial charge in [-0.05, 0) is 79.3 Å². The van der Waals surface area contributed by atoms with Crippen molar-refractivity contribution in [3.8, 4) is 22.6 Å². The van der Waals surface area contributed by atoms with Gasteiger partial charge < -0.3 is 10.3 Å². The molecule has 37 heavy (non-hydrogen) atoms. The Balaban J connectivity index is 1.39. The molecular formula is C30H27N7. The fraction of sp³-hybridized carbons (Fsp3) is 0.133. The summed E-state index contributed by atoms with van der Waals surface area (Å²) in [5.41, 5.74) is 9.95. The average molecular weight is 486 g/mol. The molecule has 0 atom stereocenters. The summed E-state index contributed by atoms with van der Waals surface area (Å²) in [6.07, 6.45) is 11.9. The largest absolute Gasteiger partial charge is 0.359 e. The molecule has 0 spiro atoms. The van der Waals surface area contributed by atoms with E-state index in [0.717, 1.165) is 55.9 Å². The first-order valence-corrected chi connectivity index (χ1v) is 12.4. The van der Waals surface area contributed by atoms with Crippen LogP contribution in [-0.2, 0) is 0 Å². The van der Waals surface area contributed by atoms with Crippen LogP contribution in [0.4, 0.5) is 0 Å². The number of para-hydroxylation sites is 1. The third-order valence-electron chi connectivity index (χ3n) is 6.65. The number of imidazole rings is 1. The summed E-state index contributed by atoms with van der Waals surface area (Å²) in [6, 6.07) is 14.1. The van der Waals surface area contributed by atoms with Crippen LogP contribution in [-0.4, -0.2) is 30.1 Å². The van der Waals surface area contributed by atoms with Gasteiger partial charge in [0.25, 0.3) is 0 Å². The number of rotatable bonds is 8. The van der Waals surface area contributed by atoms with E-state index in [1.165, 1.54) is 12.8 Å². The van der Waals surface area contributed by atoms with E-state index in [1.54, 1.807) is 12.4 Å². The van der Waals surface area contributed by atoms with Crippen molar-refractivity contribution in [3.05, 3.63) is 103 Å². The van der Waals surface area contributed by atoms with Gasteiger partial charge in [0, 0.05) is 29.4 Å². The Kier molecular flexibility index (Phi) is 5.73. The van der Waals surface area contributed by atoms with Crippen LogP contribution in [0, 0.1) is 5.92 Å². The third kappa shape index (κ3) is 4.36. The van der Waals surface area contributed by atoms with E-state index < -0.39 is 0 Å². The van der Waals surface area contributed by atoms with Crippen molar-refractivity contribution in [2.75, 3.05) is 0 Å². The molecule has 6 rings (SSSR count). The molecule has 1 aromatic carbocycles. The fourth-order valence-corrected chi connectivity index (χ4v) is 4.47. The third-order valence-corrected chi connectivity index (χ3v) is 6.65. The molecule has 1 fully saturated rings. The number of H-pyrrole nitrogens is 2. The van der Waals surface area contributed by atoms with Crippen molar-refractivity contribution >= 4 is 27.6 Å². The van der Waals surface area contributed by atoms with Crippen molar-refractivity contribution in [1.29, 1.82) is 0 Å². The second kappa shape index (κ2) is 9.35. The molecule has 0 bridgehead atoms. The second-order valence-electron chi connectivity index (χ2n) is 9.16. The Morgan fingerprint density at radius 2 is 1.86 bits per heavy atom. The maximum absolute atomic E-state index is 4.99. The first kappa shape index (κ1) is 22.7. The highest BCUT2D eigenvalue weighted by Crippen LogP contribution is 2.35. The standard InChI is InChI=1S/C30H27N7/c1-4-19(17-22(5-2)32-18(3)20-9-10-20)24-11-12-26-28(33-24)29(37-36-26)30-34-25-8-6-7-23(27(25)35-30)21-13-15-31-16-14-21/h4-8,11-17,20,32H,2-3,9-10H2,1H3,(H,34,35)(H,36,37)/b19-4+,22-17+. The van der Waals surface area contributed by atoms with Gasteiger partial charge in [-0.15, -0.1) is 0 Å². The van der Waals surface area contributed by atoms with Crippen LogP contribution >= 0.6 is 0 Å². The van der Waals surface area contributed by atoms with E-state index in [2.05, 4.69) is 50.8 Å². The monoisotopic (exact) mass is 485 g/mol. The molecule has 1 aliphatic carbocycles. The lowest BCUT2D eigenvalue weighted by atomic mass is 10.1. The van der Waals surface area contributed by atoms with Crippen LogP contribution in [0.2, 0.25) is 0 Å². The van der Waals surface area contributed by atoms with Gasteiger partial charge in [-0.1, -0.05) is 31.4 Å². The number of hydrogen-bond acceptors (Lipinski definition) is 5. The lowest BCUT2D eigenvalue weighted by Crippen LogP contribution is -2.11. The number of allylic oxidation sites excluding steroid dienone is 5. The number of aromatic nitrogens is 6. The van der Waals surface area contributed by atoms with Gasteiger partial charge in [0.05, 0.1) is 22.2 Å². The zero-order valence-corrected chi connectivity index (χ0v) is 20.6. The molecule has 7 nitrogen and oxygen atoms in total. The Morgan fingerprint density at radius 1 is 1.03 bits per heavy atom. The Labute approximate surface area is 214 Å². The van der Waals surface area contributed by atoms with E-state index in [0.29, 0.717) is 17.4 Å². The quantitative estimate of drug-likeness (QED) is 0.217. The van der Waals surface area contributed by atoms with Crippen molar-refractivity contribution < 1.29 is 0 Å². The predicted octanol–water partition coefficient (Wildman–Crippen LogP) is 6.55. The van der Waals surface area contributed by atoms with Crippen LogP contribution in [0.15, 0.2) is 97.6 Å². The zero-order chi connectivity index (χ0) is 25.4. The summed E-state index contributed by atoms with van der Waals surface area (Å²) in [4.78, 5) is 17.5. The first-order valence-electron chi connectivity index (χ1n) is 12.4. The van der Waals surface area contributed by atoms with Crippen molar-refractivity contribution in [2.45, 2.75) is 19.8 Å². The topological polar surface area (TPSA) is 95.2 Å². The van der Waals surface area contributed by atoms with Gasteiger partial charge in [-0.3, -0.25) is 10.1 Å². The van der Waals surface area contributed by atoms with Crippen LogP contribution in [0.3, 0.4) is 0 Å². The summed E-state index contributed by atoms with van der Waals surface area (Å²) < 4.78 is 0. The van der Waals surface area contributed by atoms with Crippen molar-refractivity contribution in [1.82, 2.24) is 35.5 Å². The summed E-state index contributed by atoms with van der Waals surface area (Å²) in [6.45, 7) is 10.1. The molecule has 182 valence electrons. The van der Waals surface area contributed by atoms with E-state index in [1.807, 2.05) is 55.5 Å². The van der Waals surface area contributed by atoms with Crippen LogP contribution < -0.4 is 5.32 Å². The molecule has 1 saturated carbocycles. The molecule has 0 unspecified atom stereocenters. The molecule has 0 amide bonds. The highest BCUT2D eigenvalue weighted by Gasteiger charge is 2.24. The van der Waals surface area contributed by atoms with Gasteiger partial charge in [-0.2, -0.15) is 5.10 Å². The molecule has 4 aromatic heterocycles. The van der Waals surface area contributed by atoms with Crippen LogP contribution in [0.1, 0.15) is 25.5 Å². The summed E-state index contributed by atoms with van der Waals surface area (Å²) in [7, 11) is 0. The highest BCUT2D eigenvalue weighted by atomic mass is 15.1. The lowest BCUT2D eigenvalue weighted by molar-refractivity contribution is 0.865. The van der Waals surface area contributed by atoms with E-state index >= 15 is 0 Å². The van der Waals surface area contributed by atoms with Gasteiger partial charge in [0.15, 0.2) is 11.5 Å². The molecule has 1 aliphatic rings. The number of pyridine rings is 2. The molecule has 3 N–H and O–H groups in total. The number of fused-ring (bicyclic) bond motifs is 2. The maximum atomic E-state index is 4.99. The van der Waals surface area contributed by atoms with E-state index in [-0.39, 0.29) is 0 Å². The predicted molar refractivity (Wildman–Crippen MR) is 149 cm³/mol. The maximum Gasteiger partial charge on any atom is 0.161 e. The molecule has 4 heterocycles. The molecular weight excluding hydrogens is 458 g/mol. The van der Waals surface area contributed by atoms with E-state index in [9.17, 15) is 0 Å². The Bertz CT molecular complexity index is 1700. The molecule has 0 aliphatic heterocycles. The Morgan fingerprint density at radius 3 is 2.62 bits per heavy atom. The molecule has 5 aromatic rings. The van der Waals surface area contributed by atoms with Gasteiger partial charge in [0.1, 0.15) is 5.52 Å². The molecule has 0 radical (unpaired) electrons. The number of hydrogen-bond donors (Lipinski definition) is 3. The summed E-state index contributed by atoms with van der Waals surface area (Å²) in [5.74, 6) is 1.22. The second-order valence-corrected chi connectivity index (χ2v) is 9.16. The number of nitrogens with zero attached hydrogens (tertiary/aromatic N) is 4. The van der Waals surface area contributed by atoms with Crippen molar-refractivity contribution in [3.63, 3.8) is 0 Å². The average Bonchev–Trinajstić information content (AvgIpc) is 3.57. The summed E-state index contributed by atoms with van der Waals surface area (Å²) in [5, 5.41) is 11.1. The van der Waals surface area contributed by atoms with Gasteiger partial charge in [-0.25, -0.2) is 9.97 Å². The van der Waals surface area contributed by atoms with E-state index in [4.69, 9.17) is 9.97 Å². The van der Waals surface area contributed by atoms with Gasteiger partial charge >= 0.3 is 0 Å². The normalized spacial score (nSPS) is 14.3. The first-order chi connectivity index (χ1) is 18.1. The van der Waals surface area contributed by atoms with Crippen LogP contribution in [0.25, 0.3) is 50.3 Å². The SMILES string of the molecule is C=C/C(=C\C(=C/C)c1ccc2[nH]nc(-c3nc4c(-c5ccncc5)cccc4[nH]3)c2n1)NC(=C)C1CC1. The Hall–Kier alpha value is -4.78. The summed E-state index contributed by atoms with van der Waals surface area (Å²) >= 11 is 0.